The highest BCUT2D eigenvalue weighted by molar-refractivity contribution is 5.73. The monoisotopic (exact) mass is 435 g/mol. The molecule has 4 atom stereocenters. The van der Waals surface area contributed by atoms with E-state index in [1.165, 1.54) is 0 Å². The minimum absolute atomic E-state index is 0.0671. The number of aromatic hydroxyl groups is 1. The third-order valence-electron chi connectivity index (χ3n) is 6.90. The van der Waals surface area contributed by atoms with Gasteiger partial charge in [-0.3, -0.25) is 4.68 Å². The molecule has 0 unspecified atom stereocenters. The van der Waals surface area contributed by atoms with Crippen LogP contribution < -0.4 is 10.2 Å². The van der Waals surface area contributed by atoms with Gasteiger partial charge in [0, 0.05) is 48.5 Å². The van der Waals surface area contributed by atoms with Crippen LogP contribution in [0.2, 0.25) is 0 Å². The molecule has 2 aromatic heterocycles. The first kappa shape index (κ1) is 19.6. The number of phenolic OH excluding ortho intramolecular Hbond substituents is 1. The van der Waals surface area contributed by atoms with Crippen LogP contribution in [0, 0.1) is 0 Å². The van der Waals surface area contributed by atoms with Crippen LogP contribution in [0.25, 0.3) is 22.4 Å². The maximum atomic E-state index is 14.2. The standard InChI is InChI=1S/C23H26FN7O/c1-30-12-14(10-26-30)13-2-5-18(22(32)6-13)21-11-25-23(29-28-21)31(16-3-4-16)17-7-15-8-19(24)20(9-17)27-15/h2,5-6,10-12,15-17,19-20,27,32H,3-4,7-9H2,1H3/t15-,17+,19-,20+/m1/s1. The molecule has 9 heteroatoms. The Hall–Kier alpha value is -3.07. The number of rotatable bonds is 5. The molecule has 1 aromatic carbocycles. The number of benzene rings is 1. The van der Waals surface area contributed by atoms with E-state index in [2.05, 4.69) is 30.5 Å². The molecule has 2 bridgehead atoms. The first-order valence-electron chi connectivity index (χ1n) is 11.3. The van der Waals surface area contributed by atoms with Gasteiger partial charge in [0.15, 0.2) is 0 Å². The number of nitrogens with one attached hydrogen (secondary N) is 1. The van der Waals surface area contributed by atoms with E-state index in [1.807, 2.05) is 25.4 Å². The van der Waals surface area contributed by atoms with Crippen molar-refractivity contribution in [1.82, 2.24) is 30.3 Å². The van der Waals surface area contributed by atoms with Gasteiger partial charge in [-0.1, -0.05) is 6.07 Å². The lowest BCUT2D eigenvalue weighted by molar-refractivity contribution is 0.271. The molecule has 6 rings (SSSR count). The van der Waals surface area contributed by atoms with Crippen LogP contribution in [0.15, 0.2) is 36.8 Å². The van der Waals surface area contributed by atoms with Gasteiger partial charge in [0.1, 0.15) is 17.6 Å². The molecule has 2 saturated heterocycles. The fraction of sp³-hybridized carbons (Fsp3) is 0.478. The van der Waals surface area contributed by atoms with Crippen molar-refractivity contribution in [2.75, 3.05) is 4.90 Å². The number of hydrogen-bond acceptors (Lipinski definition) is 7. The van der Waals surface area contributed by atoms with Crippen LogP contribution in [-0.2, 0) is 7.05 Å². The average molecular weight is 436 g/mol. The van der Waals surface area contributed by atoms with Gasteiger partial charge in [0.05, 0.1) is 12.4 Å². The predicted molar refractivity (Wildman–Crippen MR) is 118 cm³/mol. The largest absolute Gasteiger partial charge is 0.507 e. The molecule has 4 heterocycles. The normalized spacial score (nSPS) is 26.9. The molecule has 0 spiro atoms. The summed E-state index contributed by atoms with van der Waals surface area (Å²) in [7, 11) is 1.86. The van der Waals surface area contributed by atoms with Gasteiger partial charge in [0.25, 0.3) is 0 Å². The second-order valence-corrected chi connectivity index (χ2v) is 9.26. The molecule has 0 radical (unpaired) electrons. The lowest BCUT2D eigenvalue weighted by atomic mass is 9.98. The molecule has 3 fully saturated rings. The Labute approximate surface area is 185 Å². The summed E-state index contributed by atoms with van der Waals surface area (Å²) in [6.45, 7) is 0. The molecule has 1 aliphatic carbocycles. The number of hydrogen-bond donors (Lipinski definition) is 2. The Morgan fingerprint density at radius 2 is 1.97 bits per heavy atom. The zero-order valence-electron chi connectivity index (χ0n) is 17.9. The van der Waals surface area contributed by atoms with Crippen molar-refractivity contribution >= 4 is 5.95 Å². The number of piperidine rings is 1. The van der Waals surface area contributed by atoms with Crippen molar-refractivity contribution in [2.45, 2.75) is 62.4 Å². The Balaban J connectivity index is 1.25. The van der Waals surface area contributed by atoms with Gasteiger partial charge in [-0.2, -0.15) is 5.10 Å². The fourth-order valence-electron chi connectivity index (χ4n) is 5.22. The summed E-state index contributed by atoms with van der Waals surface area (Å²) in [5.74, 6) is 0.725. The van der Waals surface area contributed by atoms with Crippen LogP contribution in [0.5, 0.6) is 5.75 Å². The van der Waals surface area contributed by atoms with Gasteiger partial charge in [-0.15, -0.1) is 10.2 Å². The van der Waals surface area contributed by atoms with Crippen LogP contribution >= 0.6 is 0 Å². The predicted octanol–water partition coefficient (Wildman–Crippen LogP) is 2.84. The van der Waals surface area contributed by atoms with Gasteiger partial charge in [-0.05, 0) is 49.8 Å². The average Bonchev–Trinajstić information content (AvgIpc) is 3.46. The van der Waals surface area contributed by atoms with Crippen LogP contribution in [0.1, 0.15) is 32.1 Å². The number of alkyl halides is 1. The molecule has 1 saturated carbocycles. The number of aromatic nitrogens is 5. The van der Waals surface area contributed by atoms with Crippen molar-refractivity contribution in [2.24, 2.45) is 7.05 Å². The summed E-state index contributed by atoms with van der Waals surface area (Å²) in [6.07, 6.45) is 9.08. The minimum atomic E-state index is -0.759. The highest BCUT2D eigenvalue weighted by atomic mass is 19.1. The molecule has 8 nitrogen and oxygen atoms in total. The van der Waals surface area contributed by atoms with Gasteiger partial charge < -0.3 is 15.3 Å². The Kier molecular flexibility index (Phi) is 4.60. The zero-order chi connectivity index (χ0) is 21.8. The molecule has 0 amide bonds. The Bertz CT molecular complexity index is 1130. The zero-order valence-corrected chi connectivity index (χ0v) is 17.9. The lowest BCUT2D eigenvalue weighted by Crippen LogP contribution is -2.50. The van der Waals surface area contributed by atoms with E-state index < -0.39 is 6.17 Å². The topological polar surface area (TPSA) is 92.0 Å². The molecule has 166 valence electrons. The quantitative estimate of drug-likeness (QED) is 0.637. The highest BCUT2D eigenvalue weighted by Crippen LogP contribution is 2.39. The van der Waals surface area contributed by atoms with Crippen molar-refractivity contribution in [3.05, 3.63) is 36.8 Å². The SMILES string of the molecule is Cn1cc(-c2ccc(-c3cnc(N(C4CC4)[C@H]4C[C@@H]5C[C@@H](F)[C@H](C4)N5)nn3)c(O)c2)cn1. The number of anilines is 1. The number of aryl methyl sites for hydroxylation is 1. The molecule has 3 aromatic rings. The number of phenols is 1. The second-order valence-electron chi connectivity index (χ2n) is 9.26. The number of halogens is 1. The van der Waals surface area contributed by atoms with Crippen molar-refractivity contribution < 1.29 is 9.50 Å². The first-order valence-corrected chi connectivity index (χ1v) is 11.3. The molecule has 3 aliphatic rings. The molecule has 2 N–H and O–H groups in total. The smallest absolute Gasteiger partial charge is 0.245 e. The van der Waals surface area contributed by atoms with E-state index in [0.717, 1.165) is 36.8 Å². The van der Waals surface area contributed by atoms with Crippen molar-refractivity contribution in [3.8, 4) is 28.1 Å². The Morgan fingerprint density at radius 3 is 2.62 bits per heavy atom. The van der Waals surface area contributed by atoms with E-state index >= 15 is 0 Å². The summed E-state index contributed by atoms with van der Waals surface area (Å²) in [4.78, 5) is 6.89. The third-order valence-corrected chi connectivity index (χ3v) is 6.90. The summed E-state index contributed by atoms with van der Waals surface area (Å²) in [5, 5.41) is 27.0. The molecular formula is C23H26FN7O. The minimum Gasteiger partial charge on any atom is -0.507 e. The van der Waals surface area contributed by atoms with Crippen LogP contribution in [-0.4, -0.2) is 60.4 Å². The second kappa shape index (κ2) is 7.51. The summed E-state index contributed by atoms with van der Waals surface area (Å²) in [6, 6.07) is 6.27. The Morgan fingerprint density at radius 1 is 1.09 bits per heavy atom. The maximum absolute atomic E-state index is 14.2. The van der Waals surface area contributed by atoms with E-state index in [9.17, 15) is 9.50 Å². The van der Waals surface area contributed by atoms with Crippen molar-refractivity contribution in [1.29, 1.82) is 0 Å². The van der Waals surface area contributed by atoms with Gasteiger partial charge in [-0.25, -0.2) is 9.37 Å². The lowest BCUT2D eigenvalue weighted by Gasteiger charge is -2.37. The van der Waals surface area contributed by atoms with Crippen molar-refractivity contribution in [3.63, 3.8) is 0 Å². The molecule has 32 heavy (non-hydrogen) atoms. The fourth-order valence-corrected chi connectivity index (χ4v) is 5.22. The first-order chi connectivity index (χ1) is 15.5. The molecule has 2 aliphatic heterocycles. The third kappa shape index (κ3) is 3.50. The number of fused-ring (bicyclic) bond motifs is 2. The summed E-state index contributed by atoms with van der Waals surface area (Å²) >= 11 is 0. The van der Waals surface area contributed by atoms with E-state index in [1.54, 1.807) is 23.1 Å². The number of nitrogens with zero attached hydrogens (tertiary/aromatic N) is 6. The summed E-state index contributed by atoms with van der Waals surface area (Å²) < 4.78 is 15.9. The summed E-state index contributed by atoms with van der Waals surface area (Å²) in [5.41, 5.74) is 2.92. The van der Waals surface area contributed by atoms with Gasteiger partial charge in [0.2, 0.25) is 5.95 Å². The maximum Gasteiger partial charge on any atom is 0.245 e. The highest BCUT2D eigenvalue weighted by Gasteiger charge is 2.46. The van der Waals surface area contributed by atoms with E-state index in [4.69, 9.17) is 0 Å². The van der Waals surface area contributed by atoms with Crippen LogP contribution in [0.4, 0.5) is 10.3 Å². The van der Waals surface area contributed by atoms with E-state index in [-0.39, 0.29) is 23.9 Å². The van der Waals surface area contributed by atoms with E-state index in [0.29, 0.717) is 29.7 Å². The van der Waals surface area contributed by atoms with Gasteiger partial charge >= 0.3 is 0 Å². The molecular weight excluding hydrogens is 409 g/mol. The van der Waals surface area contributed by atoms with Crippen LogP contribution in [0.3, 0.4) is 0 Å².